The van der Waals surface area contributed by atoms with Gasteiger partial charge in [0, 0.05) is 12.1 Å². The highest BCUT2D eigenvalue weighted by atomic mass is 28.3. The van der Waals surface area contributed by atoms with Crippen molar-refractivity contribution in [3.05, 3.63) is 29.8 Å². The third kappa shape index (κ3) is 3.03. The zero-order valence-corrected chi connectivity index (χ0v) is 15.9. The third-order valence-electron chi connectivity index (χ3n) is 6.52. The normalized spacial score (nSPS) is 39.0. The Morgan fingerprint density at radius 3 is 2.17 bits per heavy atom. The fourth-order valence-electron chi connectivity index (χ4n) is 5.83. The zero-order chi connectivity index (χ0) is 16.3. The van der Waals surface area contributed by atoms with Gasteiger partial charge >= 0.3 is 0 Å². The summed E-state index contributed by atoms with van der Waals surface area (Å²) in [4.78, 5) is 0. The van der Waals surface area contributed by atoms with Crippen molar-refractivity contribution in [1.82, 2.24) is 5.32 Å². The van der Waals surface area contributed by atoms with Gasteiger partial charge in [0.2, 0.25) is 0 Å². The summed E-state index contributed by atoms with van der Waals surface area (Å²) in [5, 5.41) is 16.3. The molecule has 5 rings (SSSR count). The molecule has 3 heteroatoms. The van der Waals surface area contributed by atoms with Crippen molar-refractivity contribution >= 4 is 13.3 Å². The van der Waals surface area contributed by atoms with E-state index in [1.807, 2.05) is 0 Å². The summed E-state index contributed by atoms with van der Waals surface area (Å²) in [6, 6.07) is 9.26. The van der Waals surface area contributed by atoms with Gasteiger partial charge in [-0.15, -0.1) is 0 Å². The molecule has 2 N–H and O–H groups in total. The predicted octanol–water partition coefficient (Wildman–Crippen LogP) is 3.41. The van der Waals surface area contributed by atoms with E-state index in [4.69, 9.17) is 0 Å². The molecular formula is C20H31NOSi. The summed E-state index contributed by atoms with van der Waals surface area (Å²) < 4.78 is 0. The van der Waals surface area contributed by atoms with Gasteiger partial charge in [-0.1, -0.05) is 49.1 Å². The molecular weight excluding hydrogens is 298 g/mol. The third-order valence-corrected chi connectivity index (χ3v) is 8.58. The molecule has 2 nitrogen and oxygen atoms in total. The first-order valence-electron chi connectivity index (χ1n) is 9.32. The summed E-state index contributed by atoms with van der Waals surface area (Å²) in [6.45, 7) is 8.14. The van der Waals surface area contributed by atoms with Crippen LogP contribution in [0.4, 0.5) is 0 Å². The van der Waals surface area contributed by atoms with Crippen molar-refractivity contribution in [3.63, 3.8) is 0 Å². The Kier molecular flexibility index (Phi) is 3.57. The molecule has 4 bridgehead atoms. The van der Waals surface area contributed by atoms with Crippen molar-refractivity contribution in [1.29, 1.82) is 0 Å². The van der Waals surface area contributed by atoms with Crippen LogP contribution in [0, 0.1) is 11.8 Å². The number of hydrogen-bond acceptors (Lipinski definition) is 2. The van der Waals surface area contributed by atoms with E-state index >= 15 is 0 Å². The van der Waals surface area contributed by atoms with Crippen LogP contribution in [0.25, 0.3) is 0 Å². The average Bonchev–Trinajstić information content (AvgIpc) is 2.42. The molecule has 4 aliphatic carbocycles. The van der Waals surface area contributed by atoms with Crippen molar-refractivity contribution in [2.75, 3.05) is 0 Å². The maximum Gasteiger partial charge on any atom is 0.0775 e. The van der Waals surface area contributed by atoms with Crippen molar-refractivity contribution < 1.29 is 5.11 Å². The molecule has 4 saturated carbocycles. The van der Waals surface area contributed by atoms with E-state index < -0.39 is 8.07 Å². The second-order valence-electron chi connectivity index (χ2n) is 9.77. The highest BCUT2D eigenvalue weighted by molar-refractivity contribution is 6.88. The van der Waals surface area contributed by atoms with Crippen LogP contribution in [0.2, 0.25) is 19.6 Å². The first-order valence-corrected chi connectivity index (χ1v) is 12.8. The zero-order valence-electron chi connectivity index (χ0n) is 14.9. The van der Waals surface area contributed by atoms with Crippen LogP contribution in [0.1, 0.15) is 44.1 Å². The van der Waals surface area contributed by atoms with Gasteiger partial charge in [0.25, 0.3) is 0 Å². The summed E-state index contributed by atoms with van der Waals surface area (Å²) in [6.07, 6.45) is 6.99. The minimum Gasteiger partial charge on any atom is -0.390 e. The first-order chi connectivity index (χ1) is 10.8. The van der Waals surface area contributed by atoms with Gasteiger partial charge in [-0.2, -0.15) is 0 Å². The van der Waals surface area contributed by atoms with Crippen LogP contribution in [-0.4, -0.2) is 24.3 Å². The maximum absolute atomic E-state index is 10.9. The van der Waals surface area contributed by atoms with Gasteiger partial charge < -0.3 is 10.4 Å². The maximum atomic E-state index is 10.9. The van der Waals surface area contributed by atoms with Gasteiger partial charge in [-0.25, -0.2) is 0 Å². The van der Waals surface area contributed by atoms with Crippen LogP contribution in [-0.2, 0) is 6.54 Å². The molecule has 0 saturated heterocycles. The molecule has 23 heavy (non-hydrogen) atoms. The highest BCUT2D eigenvalue weighted by Gasteiger charge is 2.56. The summed E-state index contributed by atoms with van der Waals surface area (Å²) >= 11 is 0. The second-order valence-corrected chi connectivity index (χ2v) is 14.8. The number of nitrogens with one attached hydrogen (secondary N) is 1. The van der Waals surface area contributed by atoms with E-state index in [1.54, 1.807) is 0 Å². The summed E-state index contributed by atoms with van der Waals surface area (Å²) in [5.41, 5.74) is 1.23. The lowest BCUT2D eigenvalue weighted by Gasteiger charge is -2.60. The Labute approximate surface area is 141 Å². The predicted molar refractivity (Wildman–Crippen MR) is 98.6 cm³/mol. The monoisotopic (exact) mass is 329 g/mol. The number of aliphatic hydroxyl groups is 1. The molecule has 126 valence electrons. The molecule has 4 fully saturated rings. The molecule has 0 amide bonds. The van der Waals surface area contributed by atoms with Gasteiger partial charge in [0.05, 0.1) is 13.7 Å². The molecule has 2 unspecified atom stereocenters. The molecule has 0 aliphatic heterocycles. The Bertz CT molecular complexity index is 575. The molecule has 4 aliphatic rings. The van der Waals surface area contributed by atoms with Crippen LogP contribution in [0.15, 0.2) is 24.3 Å². The van der Waals surface area contributed by atoms with E-state index in [-0.39, 0.29) is 11.1 Å². The van der Waals surface area contributed by atoms with Crippen LogP contribution in [0.5, 0.6) is 0 Å². The van der Waals surface area contributed by atoms with E-state index in [1.165, 1.54) is 30.0 Å². The van der Waals surface area contributed by atoms with E-state index in [0.717, 1.165) is 37.6 Å². The molecule has 1 aromatic carbocycles. The molecule has 4 atom stereocenters. The topological polar surface area (TPSA) is 32.3 Å². The van der Waals surface area contributed by atoms with Crippen molar-refractivity contribution in [3.8, 4) is 0 Å². The Hall–Kier alpha value is -0.643. The van der Waals surface area contributed by atoms with Crippen LogP contribution >= 0.6 is 0 Å². The van der Waals surface area contributed by atoms with E-state index in [9.17, 15) is 5.11 Å². The lowest BCUT2D eigenvalue weighted by Crippen LogP contribution is -2.64. The number of hydrogen-bond donors (Lipinski definition) is 2. The van der Waals surface area contributed by atoms with Crippen LogP contribution < -0.4 is 10.5 Å². The summed E-state index contributed by atoms with van der Waals surface area (Å²) in [5.74, 6) is 1.51. The number of rotatable bonds is 4. The van der Waals surface area contributed by atoms with Crippen molar-refractivity contribution in [2.45, 2.75) is 75.9 Å². The average molecular weight is 330 g/mol. The SMILES string of the molecule is C[Si](C)(C)c1ccc(CNC23C[C@@H]4C[C@@H](CC(O)(C4)C2)C3)cc1. The van der Waals surface area contributed by atoms with Gasteiger partial charge in [0.15, 0.2) is 0 Å². The van der Waals surface area contributed by atoms with E-state index in [0.29, 0.717) is 0 Å². The molecule has 0 radical (unpaired) electrons. The highest BCUT2D eigenvalue weighted by Crippen LogP contribution is 2.57. The fraction of sp³-hybridized carbons (Fsp3) is 0.700. The fourth-order valence-corrected chi connectivity index (χ4v) is 7.00. The lowest BCUT2D eigenvalue weighted by molar-refractivity contribution is -0.142. The van der Waals surface area contributed by atoms with E-state index in [2.05, 4.69) is 49.2 Å². The Morgan fingerprint density at radius 2 is 1.65 bits per heavy atom. The van der Waals surface area contributed by atoms with Gasteiger partial charge in [0.1, 0.15) is 0 Å². The van der Waals surface area contributed by atoms with Gasteiger partial charge in [-0.3, -0.25) is 0 Å². The first kappa shape index (κ1) is 15.9. The minimum absolute atomic E-state index is 0.205. The number of benzene rings is 1. The second kappa shape index (κ2) is 5.17. The smallest absolute Gasteiger partial charge is 0.0775 e. The standard InChI is InChI=1S/C20H31NOSi/c1-23(2,3)18-6-4-15(5-7-18)13-21-19-9-16-8-17(10-19)12-20(22,11-16)14-19/h4-7,16-17,21-22H,8-14H2,1-3H3/t16-,17+,19?,20?. The quantitative estimate of drug-likeness (QED) is 0.830. The Morgan fingerprint density at radius 1 is 1.04 bits per heavy atom. The van der Waals surface area contributed by atoms with Crippen LogP contribution in [0.3, 0.4) is 0 Å². The van der Waals surface area contributed by atoms with Gasteiger partial charge in [-0.05, 0) is 55.9 Å². The van der Waals surface area contributed by atoms with Crippen molar-refractivity contribution in [2.24, 2.45) is 11.8 Å². The molecule has 1 aromatic rings. The Balaban J connectivity index is 1.45. The lowest BCUT2D eigenvalue weighted by atomic mass is 9.51. The minimum atomic E-state index is -1.20. The molecule has 0 spiro atoms. The summed E-state index contributed by atoms with van der Waals surface area (Å²) in [7, 11) is -1.20. The largest absolute Gasteiger partial charge is 0.390 e. The molecule has 0 heterocycles. The molecule has 0 aromatic heterocycles.